The molecule has 0 saturated carbocycles. The zero-order valence-electron chi connectivity index (χ0n) is 15.3. The van der Waals surface area contributed by atoms with Crippen molar-refractivity contribution >= 4 is 29.0 Å². The molecule has 0 aliphatic heterocycles. The zero-order valence-corrected chi connectivity index (χ0v) is 16.9. The largest absolute Gasteiger partial charge is 0.497 e. The SMILES string of the molecule is C=[O+]c1ccccc1.COc1ccc(Br)cc1.COc1ccc(C=O)cc1. The summed E-state index contributed by atoms with van der Waals surface area (Å²) in [5.41, 5.74) is 0.667. The Balaban J connectivity index is 0.000000204. The van der Waals surface area contributed by atoms with Gasteiger partial charge in [-0.1, -0.05) is 34.1 Å². The van der Waals surface area contributed by atoms with Gasteiger partial charge in [0.2, 0.25) is 0 Å². The van der Waals surface area contributed by atoms with Crippen LogP contribution in [0.2, 0.25) is 0 Å². The molecule has 5 heteroatoms. The predicted octanol–water partition coefficient (Wildman–Crippen LogP) is 5.73. The number of methoxy groups -OCH3 is 2. The van der Waals surface area contributed by atoms with Crippen LogP contribution in [0.25, 0.3) is 0 Å². The van der Waals surface area contributed by atoms with Crippen molar-refractivity contribution < 1.29 is 18.7 Å². The molecule has 0 atom stereocenters. The highest BCUT2D eigenvalue weighted by atomic mass is 79.9. The standard InChI is InChI=1S/C8H8O2.C7H7BrO.C7H7O/c1-10-8-4-2-7(6-9)3-5-8;1-9-7-4-2-6(8)3-5-7;1-8-7-5-3-2-4-6-7/h2-6H,1H3;2-5H,1H3;2-6H,1H2/q;;+1. The Labute approximate surface area is 168 Å². The number of rotatable bonds is 4. The number of carbonyl (C=O) groups is 1. The molecular formula is C22H22BrO4+. The molecule has 0 radical (unpaired) electrons. The molecule has 3 aromatic rings. The van der Waals surface area contributed by atoms with E-state index in [2.05, 4.69) is 27.1 Å². The van der Waals surface area contributed by atoms with Crippen LogP contribution >= 0.6 is 15.9 Å². The number of benzene rings is 3. The summed E-state index contributed by atoms with van der Waals surface area (Å²) in [6.45, 7) is 3.26. The molecule has 0 aliphatic rings. The van der Waals surface area contributed by atoms with Gasteiger partial charge in [-0.25, -0.2) is 4.42 Å². The van der Waals surface area contributed by atoms with Gasteiger partial charge in [-0.2, -0.15) is 0 Å². The number of ether oxygens (including phenoxy) is 2. The minimum atomic E-state index is 0.667. The van der Waals surface area contributed by atoms with E-state index in [9.17, 15) is 4.79 Å². The van der Waals surface area contributed by atoms with E-state index in [1.54, 1.807) is 38.5 Å². The molecule has 27 heavy (non-hydrogen) atoms. The summed E-state index contributed by atoms with van der Waals surface area (Å²) < 4.78 is 15.6. The summed E-state index contributed by atoms with van der Waals surface area (Å²) in [5, 5.41) is 0. The minimum absolute atomic E-state index is 0.667. The van der Waals surface area contributed by atoms with Crippen molar-refractivity contribution in [2.45, 2.75) is 0 Å². The second-order valence-electron chi connectivity index (χ2n) is 5.01. The average molecular weight is 430 g/mol. The van der Waals surface area contributed by atoms with Crippen LogP contribution in [0.1, 0.15) is 10.4 Å². The van der Waals surface area contributed by atoms with Crippen LogP contribution in [0, 0.1) is 0 Å². The first-order chi connectivity index (χ1) is 13.1. The zero-order chi connectivity index (χ0) is 19.9. The van der Waals surface area contributed by atoms with Gasteiger partial charge in [0, 0.05) is 22.2 Å². The summed E-state index contributed by atoms with van der Waals surface area (Å²) in [6.07, 6.45) is 0.805. The van der Waals surface area contributed by atoms with Crippen molar-refractivity contribution in [3.63, 3.8) is 0 Å². The lowest BCUT2D eigenvalue weighted by Gasteiger charge is -1.96. The highest BCUT2D eigenvalue weighted by Gasteiger charge is 1.91. The fraction of sp³-hybridized carbons (Fsp3) is 0.0909. The quantitative estimate of drug-likeness (QED) is 0.392. The van der Waals surface area contributed by atoms with Crippen LogP contribution in [0.15, 0.2) is 83.3 Å². The Bertz CT molecular complexity index is 785. The Morgan fingerprint density at radius 1 is 0.815 bits per heavy atom. The molecule has 3 aromatic carbocycles. The number of hydrogen-bond acceptors (Lipinski definition) is 3. The Hall–Kier alpha value is -2.92. The number of halogens is 1. The average Bonchev–Trinajstić information content (AvgIpc) is 2.76. The van der Waals surface area contributed by atoms with Gasteiger partial charge in [-0.3, -0.25) is 4.79 Å². The fourth-order valence-electron chi connectivity index (χ4n) is 1.77. The van der Waals surface area contributed by atoms with E-state index in [4.69, 9.17) is 9.47 Å². The normalized spacial score (nSPS) is 8.85. The van der Waals surface area contributed by atoms with E-state index in [1.807, 2.05) is 54.6 Å². The molecule has 0 spiro atoms. The van der Waals surface area contributed by atoms with Gasteiger partial charge in [0.05, 0.1) is 14.2 Å². The third-order valence-corrected chi connectivity index (χ3v) is 3.74. The van der Waals surface area contributed by atoms with Crippen LogP contribution in [0.5, 0.6) is 17.2 Å². The van der Waals surface area contributed by atoms with Gasteiger partial charge in [-0.05, 0) is 48.5 Å². The summed E-state index contributed by atoms with van der Waals surface area (Å²) in [6, 6.07) is 24.1. The highest BCUT2D eigenvalue weighted by Crippen LogP contribution is 2.15. The third-order valence-electron chi connectivity index (χ3n) is 3.21. The topological polar surface area (TPSA) is 46.8 Å². The number of aldehydes is 1. The second kappa shape index (κ2) is 13.3. The first-order valence-corrected chi connectivity index (χ1v) is 8.78. The van der Waals surface area contributed by atoms with Crippen molar-refractivity contribution in [1.82, 2.24) is 0 Å². The first-order valence-electron chi connectivity index (χ1n) is 7.98. The molecular weight excluding hydrogens is 408 g/mol. The molecule has 0 fully saturated rings. The number of hydrogen-bond donors (Lipinski definition) is 0. The number of carbonyl (C=O) groups excluding carboxylic acids is 2. The van der Waals surface area contributed by atoms with Crippen molar-refractivity contribution in [3.8, 4) is 17.2 Å². The predicted molar refractivity (Wildman–Crippen MR) is 112 cm³/mol. The van der Waals surface area contributed by atoms with Crippen LogP contribution in [0.4, 0.5) is 0 Å². The van der Waals surface area contributed by atoms with E-state index in [0.29, 0.717) is 5.56 Å². The molecule has 3 rings (SSSR count). The lowest BCUT2D eigenvalue weighted by Crippen LogP contribution is -1.82. The molecule has 0 bridgehead atoms. The molecule has 0 saturated heterocycles. The van der Waals surface area contributed by atoms with E-state index in [-0.39, 0.29) is 0 Å². The Kier molecular flexibility index (Phi) is 10.9. The summed E-state index contributed by atoms with van der Waals surface area (Å²) in [7, 11) is 3.25. The van der Waals surface area contributed by atoms with E-state index in [0.717, 1.165) is 28.0 Å². The van der Waals surface area contributed by atoms with Gasteiger partial charge in [0.15, 0.2) is 0 Å². The van der Waals surface area contributed by atoms with E-state index < -0.39 is 0 Å². The first kappa shape index (κ1) is 22.1. The summed E-state index contributed by atoms with van der Waals surface area (Å²) in [4.78, 5) is 10.2. The maximum absolute atomic E-state index is 10.2. The van der Waals surface area contributed by atoms with Crippen molar-refractivity contribution in [2.75, 3.05) is 14.2 Å². The van der Waals surface area contributed by atoms with Gasteiger partial charge in [0.1, 0.15) is 17.8 Å². The molecule has 0 unspecified atom stereocenters. The molecule has 4 nitrogen and oxygen atoms in total. The van der Waals surface area contributed by atoms with Gasteiger partial charge in [-0.15, -0.1) is 0 Å². The molecule has 0 amide bonds. The Morgan fingerprint density at radius 2 is 1.30 bits per heavy atom. The van der Waals surface area contributed by atoms with Crippen LogP contribution in [0.3, 0.4) is 0 Å². The smallest absolute Gasteiger partial charge is 0.351 e. The lowest BCUT2D eigenvalue weighted by atomic mass is 10.2. The van der Waals surface area contributed by atoms with Crippen molar-refractivity contribution in [3.05, 3.63) is 88.9 Å². The van der Waals surface area contributed by atoms with Crippen LogP contribution in [-0.2, 0) is 4.42 Å². The van der Waals surface area contributed by atoms with E-state index >= 15 is 0 Å². The molecule has 0 N–H and O–H groups in total. The maximum Gasteiger partial charge on any atom is 0.351 e. The Morgan fingerprint density at radius 3 is 1.67 bits per heavy atom. The van der Waals surface area contributed by atoms with Crippen molar-refractivity contribution in [2.24, 2.45) is 0 Å². The van der Waals surface area contributed by atoms with Crippen molar-refractivity contribution in [1.29, 1.82) is 0 Å². The maximum atomic E-state index is 10.2. The van der Waals surface area contributed by atoms with Crippen LogP contribution in [-0.4, -0.2) is 27.3 Å². The minimum Gasteiger partial charge on any atom is -0.497 e. The summed E-state index contributed by atoms with van der Waals surface area (Å²) in [5.74, 6) is 2.45. The molecule has 0 aromatic heterocycles. The van der Waals surface area contributed by atoms with E-state index in [1.165, 1.54) is 0 Å². The van der Waals surface area contributed by atoms with Gasteiger partial charge >= 0.3 is 5.75 Å². The third kappa shape index (κ3) is 9.37. The second-order valence-corrected chi connectivity index (χ2v) is 5.92. The molecule has 140 valence electrons. The van der Waals surface area contributed by atoms with Crippen LogP contribution < -0.4 is 9.47 Å². The molecule has 0 aliphatic carbocycles. The fourth-order valence-corrected chi connectivity index (χ4v) is 2.03. The monoisotopic (exact) mass is 429 g/mol. The highest BCUT2D eigenvalue weighted by molar-refractivity contribution is 9.10. The summed E-state index contributed by atoms with van der Waals surface area (Å²) >= 11 is 3.32. The van der Waals surface area contributed by atoms with Gasteiger partial charge < -0.3 is 9.47 Å². The lowest BCUT2D eigenvalue weighted by molar-refractivity contribution is -0.354. The number of para-hydroxylation sites is 1. The van der Waals surface area contributed by atoms with Gasteiger partial charge in [0.25, 0.3) is 6.79 Å². The molecule has 0 heterocycles.